The van der Waals surface area contributed by atoms with Crippen LogP contribution in [0.1, 0.15) is 0 Å². The van der Waals surface area contributed by atoms with E-state index in [1.807, 2.05) is 14.2 Å². The summed E-state index contributed by atoms with van der Waals surface area (Å²) in [5.41, 5.74) is 11.1. The second kappa shape index (κ2) is 16.7. The van der Waals surface area contributed by atoms with Crippen LogP contribution in [0, 0.1) is 0 Å². The van der Waals surface area contributed by atoms with E-state index in [1.54, 1.807) is 0 Å². The molecule has 0 saturated heterocycles. The molecule has 0 saturated carbocycles. The van der Waals surface area contributed by atoms with Gasteiger partial charge in [0.15, 0.2) is 0 Å². The van der Waals surface area contributed by atoms with Gasteiger partial charge in [-0.1, -0.05) is 218 Å². The van der Waals surface area contributed by atoms with E-state index in [2.05, 4.69) is 243 Å². The van der Waals surface area contributed by atoms with Gasteiger partial charge in [0.2, 0.25) is 0 Å². The van der Waals surface area contributed by atoms with Gasteiger partial charge in [-0.05, 0) is 133 Å². The molecule has 14 aromatic carbocycles. The molecule has 0 atom stereocenters. The maximum atomic E-state index is 6.93. The van der Waals surface area contributed by atoms with Crippen LogP contribution in [-0.4, -0.2) is 14.2 Å². The highest BCUT2D eigenvalue weighted by Crippen LogP contribution is 2.56. The largest absolute Gasteiger partial charge is 0.495 e. The van der Waals surface area contributed by atoms with Crippen LogP contribution in [0.5, 0.6) is 11.5 Å². The minimum Gasteiger partial charge on any atom is -0.495 e. The van der Waals surface area contributed by atoms with Crippen LogP contribution in [0.25, 0.3) is 142 Å². The molecule has 338 valence electrons. The lowest BCUT2D eigenvalue weighted by atomic mass is 9.81. The zero-order valence-electron chi connectivity index (χ0n) is 39.9. The molecule has 0 amide bonds. The van der Waals surface area contributed by atoms with Crippen molar-refractivity contribution in [1.29, 1.82) is 0 Å². The Bertz CT molecular complexity index is 4140. The lowest BCUT2D eigenvalue weighted by molar-refractivity contribution is 0.413. The fourth-order valence-corrected chi connectivity index (χ4v) is 12.1. The lowest BCUT2D eigenvalue weighted by Crippen LogP contribution is -2.00. The van der Waals surface area contributed by atoms with E-state index in [0.29, 0.717) is 0 Å². The van der Waals surface area contributed by atoms with Crippen LogP contribution in [0.2, 0.25) is 0 Å². The third-order valence-electron chi connectivity index (χ3n) is 15.1. The molecule has 0 bridgehead atoms. The van der Waals surface area contributed by atoms with Crippen molar-refractivity contribution in [1.82, 2.24) is 0 Å². The van der Waals surface area contributed by atoms with Crippen molar-refractivity contribution in [3.8, 4) is 67.1 Å². The Balaban J connectivity index is 1.09. The minimum atomic E-state index is 0.796. The predicted octanol–water partition coefficient (Wildman–Crippen LogP) is 19.3. The Labute approximate surface area is 417 Å². The zero-order chi connectivity index (χ0) is 47.9. The van der Waals surface area contributed by atoms with Crippen molar-refractivity contribution < 1.29 is 9.47 Å². The Morgan fingerprint density at radius 3 is 0.792 bits per heavy atom. The van der Waals surface area contributed by atoms with Crippen molar-refractivity contribution in [2.45, 2.75) is 0 Å². The Morgan fingerprint density at radius 2 is 0.472 bits per heavy atom. The first kappa shape index (κ1) is 41.7. The topological polar surface area (TPSA) is 18.5 Å². The molecule has 72 heavy (non-hydrogen) atoms. The highest BCUT2D eigenvalue weighted by atomic mass is 16.5. The monoisotopic (exact) mass is 918 g/mol. The Morgan fingerprint density at radius 1 is 0.208 bits per heavy atom. The standard InChI is InChI=1S/C70H46O2/c1-71-69-61(65-57-31-15-11-27-53(57)63(54-28-12-16-32-58(54)65)49-37-35-43-19-3-5-21-45(43)39-49)41-47-23-7-9-25-51(47)67(69)68-52-26-10-8-24-48(52)42-62(70(68)72-2)66-59-33-17-13-29-55(59)64(56-30-14-18-34-60(56)66)50-38-36-44-20-4-6-22-46(44)40-50/h3-42H,1-2H3. The normalized spacial score (nSPS) is 11.8. The second-order valence-electron chi connectivity index (χ2n) is 18.9. The average molecular weight is 919 g/mol. The minimum absolute atomic E-state index is 0.796. The van der Waals surface area contributed by atoms with Gasteiger partial charge in [-0.25, -0.2) is 0 Å². The number of methoxy groups -OCH3 is 2. The molecule has 2 heteroatoms. The molecule has 0 spiro atoms. The van der Waals surface area contributed by atoms with E-state index >= 15 is 0 Å². The number of benzene rings is 14. The first-order valence-corrected chi connectivity index (χ1v) is 24.7. The summed E-state index contributed by atoms with van der Waals surface area (Å²) < 4.78 is 13.9. The van der Waals surface area contributed by atoms with Crippen LogP contribution in [0.15, 0.2) is 243 Å². The predicted molar refractivity (Wildman–Crippen MR) is 307 cm³/mol. The van der Waals surface area contributed by atoms with E-state index < -0.39 is 0 Å². The van der Waals surface area contributed by atoms with Gasteiger partial charge in [0.1, 0.15) is 11.5 Å². The summed E-state index contributed by atoms with van der Waals surface area (Å²) in [6.07, 6.45) is 0. The maximum absolute atomic E-state index is 6.93. The van der Waals surface area contributed by atoms with Crippen molar-refractivity contribution in [2.75, 3.05) is 14.2 Å². The Kier molecular flexibility index (Phi) is 9.69. The molecule has 0 aliphatic rings. The molecule has 0 N–H and O–H groups in total. The third-order valence-corrected chi connectivity index (χ3v) is 15.1. The number of fused-ring (bicyclic) bond motifs is 8. The number of rotatable bonds is 7. The van der Waals surface area contributed by atoms with Gasteiger partial charge < -0.3 is 9.47 Å². The lowest BCUT2D eigenvalue weighted by Gasteiger charge is -2.25. The molecule has 0 unspecified atom stereocenters. The van der Waals surface area contributed by atoms with Crippen molar-refractivity contribution in [3.05, 3.63) is 243 Å². The van der Waals surface area contributed by atoms with Crippen molar-refractivity contribution in [2.24, 2.45) is 0 Å². The van der Waals surface area contributed by atoms with Gasteiger partial charge in [0, 0.05) is 33.4 Å². The number of hydrogen-bond acceptors (Lipinski definition) is 2. The van der Waals surface area contributed by atoms with E-state index in [-0.39, 0.29) is 0 Å². The molecule has 0 aromatic heterocycles. The van der Waals surface area contributed by atoms with Gasteiger partial charge >= 0.3 is 0 Å². The van der Waals surface area contributed by atoms with E-state index in [1.165, 1.54) is 65.3 Å². The summed E-state index contributed by atoms with van der Waals surface area (Å²) in [6.45, 7) is 0. The highest BCUT2D eigenvalue weighted by molar-refractivity contribution is 6.26. The highest BCUT2D eigenvalue weighted by Gasteiger charge is 2.29. The van der Waals surface area contributed by atoms with Gasteiger partial charge in [-0.2, -0.15) is 0 Å². The van der Waals surface area contributed by atoms with Gasteiger partial charge in [0.05, 0.1) is 14.2 Å². The van der Waals surface area contributed by atoms with Gasteiger partial charge in [-0.15, -0.1) is 0 Å². The molecule has 0 heterocycles. The summed E-state index contributed by atoms with van der Waals surface area (Å²) in [5.74, 6) is 1.59. The Hall–Kier alpha value is -9.24. The van der Waals surface area contributed by atoms with Gasteiger partial charge in [0.25, 0.3) is 0 Å². The number of ether oxygens (including phenoxy) is 2. The van der Waals surface area contributed by atoms with Crippen LogP contribution < -0.4 is 9.47 Å². The van der Waals surface area contributed by atoms with Crippen LogP contribution >= 0.6 is 0 Å². The molecule has 2 nitrogen and oxygen atoms in total. The number of hydrogen-bond donors (Lipinski definition) is 0. The summed E-state index contributed by atoms with van der Waals surface area (Å²) in [7, 11) is 3.66. The fourth-order valence-electron chi connectivity index (χ4n) is 12.1. The summed E-state index contributed by atoms with van der Waals surface area (Å²) in [6, 6.07) is 88.7. The molecule has 0 fully saturated rings. The van der Waals surface area contributed by atoms with E-state index in [4.69, 9.17) is 9.47 Å². The quantitative estimate of drug-likeness (QED) is 0.148. The molecule has 14 aromatic rings. The van der Waals surface area contributed by atoms with Crippen LogP contribution in [0.3, 0.4) is 0 Å². The van der Waals surface area contributed by atoms with E-state index in [9.17, 15) is 0 Å². The fraction of sp³-hybridized carbons (Fsp3) is 0.0286. The third kappa shape index (κ3) is 6.36. The summed E-state index contributed by atoms with van der Waals surface area (Å²) in [4.78, 5) is 0. The summed E-state index contributed by atoms with van der Waals surface area (Å²) >= 11 is 0. The SMILES string of the molecule is COc1c(-c2c3ccccc3c(-c3ccc4ccccc4c3)c3ccccc23)cc2ccccc2c1-c1c(OC)c(-c2c3ccccc3c(-c3ccc4ccccc4c3)c3ccccc23)cc2ccccc12. The second-order valence-corrected chi connectivity index (χ2v) is 18.9. The first-order valence-electron chi connectivity index (χ1n) is 24.7. The zero-order valence-corrected chi connectivity index (χ0v) is 39.9. The molecule has 0 aliphatic carbocycles. The molecular formula is C70H46O2. The van der Waals surface area contributed by atoms with Crippen LogP contribution in [0.4, 0.5) is 0 Å². The molecular weight excluding hydrogens is 873 g/mol. The van der Waals surface area contributed by atoms with Gasteiger partial charge in [-0.3, -0.25) is 0 Å². The first-order chi connectivity index (χ1) is 35.7. The molecule has 0 radical (unpaired) electrons. The maximum Gasteiger partial charge on any atom is 0.135 e. The average Bonchev–Trinajstić information content (AvgIpc) is 3.44. The summed E-state index contributed by atoms with van der Waals surface area (Å²) in [5, 5.41) is 18.7. The smallest absolute Gasteiger partial charge is 0.135 e. The van der Waals surface area contributed by atoms with E-state index in [0.717, 1.165) is 88.0 Å². The molecule has 0 aliphatic heterocycles. The van der Waals surface area contributed by atoms with Crippen molar-refractivity contribution in [3.63, 3.8) is 0 Å². The van der Waals surface area contributed by atoms with Crippen molar-refractivity contribution >= 4 is 86.2 Å². The molecule has 14 rings (SSSR count). The van der Waals surface area contributed by atoms with Crippen LogP contribution in [-0.2, 0) is 0 Å².